The van der Waals surface area contributed by atoms with E-state index in [1.165, 1.54) is 16.7 Å². The third-order valence-corrected chi connectivity index (χ3v) is 7.10. The van der Waals surface area contributed by atoms with Gasteiger partial charge >= 0.3 is 0 Å². The highest BCUT2D eigenvalue weighted by atomic mass is 35.5. The lowest BCUT2D eigenvalue weighted by molar-refractivity contribution is 0.112. The fraction of sp³-hybridized carbons (Fsp3) is 0.250. The first kappa shape index (κ1) is 20.8. The molecule has 4 heteroatoms. The van der Waals surface area contributed by atoms with Gasteiger partial charge in [-0.2, -0.15) is 0 Å². The van der Waals surface area contributed by atoms with E-state index >= 15 is 0 Å². The van der Waals surface area contributed by atoms with Gasteiger partial charge in [0.2, 0.25) is 0 Å². The van der Waals surface area contributed by atoms with Gasteiger partial charge in [0.05, 0.1) is 10.6 Å². The van der Waals surface area contributed by atoms with Gasteiger partial charge < -0.3 is 9.64 Å². The van der Waals surface area contributed by atoms with Gasteiger partial charge in [-0.05, 0) is 65.5 Å². The second kappa shape index (κ2) is 8.14. The van der Waals surface area contributed by atoms with Crippen LogP contribution in [-0.2, 0) is 6.42 Å². The number of ether oxygens (including phenoxy) is 1. The number of carbonyl (C=O) groups is 1. The second-order valence-corrected chi connectivity index (χ2v) is 9.23. The highest BCUT2D eigenvalue weighted by Crippen LogP contribution is 2.45. The van der Waals surface area contributed by atoms with E-state index in [2.05, 4.69) is 37.3 Å². The summed E-state index contributed by atoms with van der Waals surface area (Å²) in [5, 5.41) is 2.61. The van der Waals surface area contributed by atoms with Crippen molar-refractivity contribution in [2.45, 2.75) is 26.2 Å². The predicted molar refractivity (Wildman–Crippen MR) is 133 cm³/mol. The first-order valence-corrected chi connectivity index (χ1v) is 11.4. The third kappa shape index (κ3) is 3.32. The Morgan fingerprint density at radius 2 is 1.91 bits per heavy atom. The topological polar surface area (TPSA) is 29.5 Å². The summed E-state index contributed by atoms with van der Waals surface area (Å²) in [5.41, 5.74) is 6.78. The summed E-state index contributed by atoms with van der Waals surface area (Å²) >= 11 is 6.61. The number of carbonyl (C=O) groups excluding carboxylic acids is 1. The van der Waals surface area contributed by atoms with Gasteiger partial charge in [0.1, 0.15) is 11.5 Å². The number of aldehydes is 1. The predicted octanol–water partition coefficient (Wildman–Crippen LogP) is 7.46. The molecule has 0 aliphatic heterocycles. The molecule has 2 aliphatic carbocycles. The van der Waals surface area contributed by atoms with E-state index in [0.717, 1.165) is 47.8 Å². The molecule has 2 aliphatic rings. The molecule has 0 saturated carbocycles. The SMILES string of the molecule is CC1CC=CC2=C1CCc1c2ccc2cccc(Oc3ccc(N(C)C)c(C=O)c3Cl)c12. The van der Waals surface area contributed by atoms with E-state index in [1.54, 1.807) is 5.57 Å². The number of allylic oxidation sites excluding steroid dienone is 4. The lowest BCUT2D eigenvalue weighted by atomic mass is 9.76. The van der Waals surface area contributed by atoms with Crippen molar-refractivity contribution in [3.05, 3.63) is 81.9 Å². The summed E-state index contributed by atoms with van der Waals surface area (Å²) in [4.78, 5) is 13.6. The largest absolute Gasteiger partial charge is 0.455 e. The Balaban J connectivity index is 1.65. The molecule has 0 heterocycles. The average molecular weight is 444 g/mol. The van der Waals surface area contributed by atoms with Crippen LogP contribution < -0.4 is 9.64 Å². The quantitative estimate of drug-likeness (QED) is 0.392. The maximum absolute atomic E-state index is 11.7. The summed E-state index contributed by atoms with van der Waals surface area (Å²) in [6.45, 7) is 2.32. The molecule has 3 aromatic carbocycles. The molecular weight excluding hydrogens is 418 g/mol. The Labute approximate surface area is 193 Å². The highest BCUT2D eigenvalue weighted by Gasteiger charge is 2.25. The summed E-state index contributed by atoms with van der Waals surface area (Å²) in [7, 11) is 3.78. The third-order valence-electron chi connectivity index (χ3n) is 6.71. The van der Waals surface area contributed by atoms with Crippen LogP contribution in [0.2, 0.25) is 5.02 Å². The number of halogens is 1. The van der Waals surface area contributed by atoms with Crippen molar-refractivity contribution in [3.8, 4) is 11.5 Å². The van der Waals surface area contributed by atoms with Crippen LogP contribution >= 0.6 is 11.6 Å². The zero-order valence-corrected chi connectivity index (χ0v) is 19.4. The normalized spacial score (nSPS) is 17.2. The van der Waals surface area contributed by atoms with Crippen molar-refractivity contribution >= 4 is 39.9 Å². The fourth-order valence-electron chi connectivity index (χ4n) is 5.09. The van der Waals surface area contributed by atoms with Crippen LogP contribution in [0.25, 0.3) is 16.3 Å². The number of rotatable bonds is 4. The number of aryl methyl sites for hydroxylation is 1. The number of hydrogen-bond donors (Lipinski definition) is 0. The van der Waals surface area contributed by atoms with Gasteiger partial charge in [-0.1, -0.05) is 60.5 Å². The maximum Gasteiger partial charge on any atom is 0.153 e. The molecule has 0 bridgehead atoms. The molecule has 0 saturated heterocycles. The van der Waals surface area contributed by atoms with E-state index in [1.807, 2.05) is 43.3 Å². The van der Waals surface area contributed by atoms with E-state index in [9.17, 15) is 4.79 Å². The van der Waals surface area contributed by atoms with Gasteiger partial charge in [-0.15, -0.1) is 0 Å². The molecule has 32 heavy (non-hydrogen) atoms. The van der Waals surface area contributed by atoms with E-state index in [0.29, 0.717) is 22.3 Å². The van der Waals surface area contributed by atoms with Gasteiger partial charge in [0, 0.05) is 25.2 Å². The van der Waals surface area contributed by atoms with Crippen molar-refractivity contribution in [1.82, 2.24) is 0 Å². The van der Waals surface area contributed by atoms with Gasteiger partial charge in [-0.25, -0.2) is 0 Å². The van der Waals surface area contributed by atoms with Gasteiger partial charge in [-0.3, -0.25) is 4.79 Å². The Bertz CT molecular complexity index is 1300. The zero-order valence-electron chi connectivity index (χ0n) is 18.6. The molecule has 0 amide bonds. The average Bonchev–Trinajstić information content (AvgIpc) is 2.79. The van der Waals surface area contributed by atoms with Crippen molar-refractivity contribution < 1.29 is 9.53 Å². The molecular formula is C28H26ClNO2. The van der Waals surface area contributed by atoms with Crippen LogP contribution in [0, 0.1) is 5.92 Å². The molecule has 0 fully saturated rings. The van der Waals surface area contributed by atoms with Crippen molar-refractivity contribution in [2.24, 2.45) is 5.92 Å². The van der Waals surface area contributed by atoms with E-state index in [-0.39, 0.29) is 0 Å². The van der Waals surface area contributed by atoms with Crippen LogP contribution in [-0.4, -0.2) is 20.4 Å². The molecule has 0 N–H and O–H groups in total. The minimum Gasteiger partial charge on any atom is -0.455 e. The minimum atomic E-state index is 0.335. The standard InChI is InChI=1S/C28H26ClNO2/c1-17-6-4-8-20-19(17)12-13-22-21(20)11-10-18-7-5-9-25(27(18)22)32-26-15-14-24(30(2)3)23(16-31)28(26)29/h4-5,7-11,14-17H,6,12-13H2,1-3H3. The molecule has 3 aromatic rings. The first-order valence-electron chi connectivity index (χ1n) is 11.1. The van der Waals surface area contributed by atoms with Crippen LogP contribution in [0.5, 0.6) is 11.5 Å². The highest BCUT2D eigenvalue weighted by molar-refractivity contribution is 6.35. The Morgan fingerprint density at radius 1 is 1.06 bits per heavy atom. The summed E-state index contributed by atoms with van der Waals surface area (Å²) < 4.78 is 6.38. The van der Waals surface area contributed by atoms with Crippen molar-refractivity contribution in [2.75, 3.05) is 19.0 Å². The van der Waals surface area contributed by atoms with Crippen LogP contribution in [0.1, 0.15) is 41.3 Å². The summed E-state index contributed by atoms with van der Waals surface area (Å²) in [5.74, 6) is 1.86. The van der Waals surface area contributed by atoms with Gasteiger partial charge in [0.15, 0.2) is 6.29 Å². The number of anilines is 1. The maximum atomic E-state index is 11.7. The Hall–Kier alpha value is -3.04. The van der Waals surface area contributed by atoms with Gasteiger partial charge in [0.25, 0.3) is 0 Å². The summed E-state index contributed by atoms with van der Waals surface area (Å²) in [6.07, 6.45) is 8.57. The lowest BCUT2D eigenvalue weighted by Gasteiger charge is -2.29. The number of fused-ring (bicyclic) bond motifs is 4. The molecule has 3 nitrogen and oxygen atoms in total. The zero-order chi connectivity index (χ0) is 22.4. The number of hydrogen-bond acceptors (Lipinski definition) is 3. The smallest absolute Gasteiger partial charge is 0.153 e. The van der Waals surface area contributed by atoms with Crippen LogP contribution in [0.15, 0.2) is 60.2 Å². The van der Waals surface area contributed by atoms with Crippen LogP contribution in [0.4, 0.5) is 5.69 Å². The molecule has 1 atom stereocenters. The van der Waals surface area contributed by atoms with Crippen molar-refractivity contribution in [3.63, 3.8) is 0 Å². The fourth-order valence-corrected chi connectivity index (χ4v) is 5.33. The molecule has 1 unspecified atom stereocenters. The number of benzene rings is 3. The van der Waals surface area contributed by atoms with E-state index < -0.39 is 0 Å². The first-order chi connectivity index (χ1) is 15.5. The molecule has 0 aromatic heterocycles. The van der Waals surface area contributed by atoms with Crippen molar-refractivity contribution in [1.29, 1.82) is 0 Å². The lowest BCUT2D eigenvalue weighted by Crippen LogP contribution is -2.13. The molecule has 162 valence electrons. The minimum absolute atomic E-state index is 0.335. The number of nitrogens with zero attached hydrogens (tertiary/aromatic N) is 1. The second-order valence-electron chi connectivity index (χ2n) is 8.85. The molecule has 0 radical (unpaired) electrons. The summed E-state index contributed by atoms with van der Waals surface area (Å²) in [6, 6.07) is 14.3. The van der Waals surface area contributed by atoms with E-state index in [4.69, 9.17) is 16.3 Å². The van der Waals surface area contributed by atoms with Crippen LogP contribution in [0.3, 0.4) is 0 Å². The molecule has 0 spiro atoms. The monoisotopic (exact) mass is 443 g/mol. The Kier molecular flexibility index (Phi) is 5.30. The Morgan fingerprint density at radius 3 is 2.69 bits per heavy atom. The molecule has 5 rings (SSSR count).